The molecule has 0 radical (unpaired) electrons. The van der Waals surface area contributed by atoms with Gasteiger partial charge in [-0.15, -0.1) is 0 Å². The average molecular weight is 407 g/mol. The fourth-order valence-electron chi connectivity index (χ4n) is 3.55. The van der Waals surface area contributed by atoms with E-state index in [1.807, 2.05) is 48.5 Å². The van der Waals surface area contributed by atoms with Gasteiger partial charge in [-0.3, -0.25) is 4.79 Å². The van der Waals surface area contributed by atoms with Crippen LogP contribution >= 0.6 is 0 Å². The lowest BCUT2D eigenvalue weighted by atomic mass is 9.84. The summed E-state index contributed by atoms with van der Waals surface area (Å²) >= 11 is 0. The Bertz CT molecular complexity index is 894. The summed E-state index contributed by atoms with van der Waals surface area (Å²) in [5.41, 5.74) is 1.54. The van der Waals surface area contributed by atoms with E-state index in [9.17, 15) is 22.8 Å². The van der Waals surface area contributed by atoms with Gasteiger partial charge in [0.15, 0.2) is 0 Å². The number of alkyl halides is 3. The monoisotopic (exact) mass is 407 g/mol. The van der Waals surface area contributed by atoms with E-state index in [0.29, 0.717) is 0 Å². The van der Waals surface area contributed by atoms with Crippen LogP contribution in [0.15, 0.2) is 48.5 Å². The van der Waals surface area contributed by atoms with Crippen LogP contribution in [0.3, 0.4) is 0 Å². The highest BCUT2D eigenvalue weighted by molar-refractivity contribution is 5.79. The minimum atomic E-state index is -4.95. The zero-order valence-electron chi connectivity index (χ0n) is 15.8. The van der Waals surface area contributed by atoms with E-state index in [1.165, 1.54) is 0 Å². The number of carboxylic acid groups (broad SMARTS) is 1. The summed E-state index contributed by atoms with van der Waals surface area (Å²) in [5, 5.41) is 10.8. The summed E-state index contributed by atoms with van der Waals surface area (Å²) in [5.74, 6) is -2.00. The van der Waals surface area contributed by atoms with Gasteiger partial charge in [0, 0.05) is 5.92 Å². The van der Waals surface area contributed by atoms with Crippen molar-refractivity contribution in [3.63, 3.8) is 0 Å². The van der Waals surface area contributed by atoms with Crippen molar-refractivity contribution in [3.05, 3.63) is 59.7 Å². The van der Waals surface area contributed by atoms with Crippen LogP contribution in [0, 0.1) is 5.41 Å². The van der Waals surface area contributed by atoms with Gasteiger partial charge in [-0.25, -0.2) is 4.79 Å². The van der Waals surface area contributed by atoms with Gasteiger partial charge in [0.25, 0.3) is 0 Å². The van der Waals surface area contributed by atoms with Crippen LogP contribution in [0.2, 0.25) is 0 Å². The van der Waals surface area contributed by atoms with E-state index in [4.69, 9.17) is 9.84 Å². The highest BCUT2D eigenvalue weighted by Crippen LogP contribution is 2.44. The van der Waals surface area contributed by atoms with Crippen molar-refractivity contribution in [1.29, 1.82) is 0 Å². The van der Waals surface area contributed by atoms with E-state index in [0.717, 1.165) is 36.1 Å². The second-order valence-electron chi connectivity index (χ2n) is 7.47. The van der Waals surface area contributed by atoms with Crippen molar-refractivity contribution in [2.24, 2.45) is 5.41 Å². The number of amides is 1. The fourth-order valence-corrected chi connectivity index (χ4v) is 3.55. The van der Waals surface area contributed by atoms with Gasteiger partial charge < -0.3 is 15.2 Å². The van der Waals surface area contributed by atoms with E-state index in [-0.39, 0.29) is 12.5 Å². The van der Waals surface area contributed by atoms with Crippen molar-refractivity contribution < 1.29 is 32.6 Å². The summed E-state index contributed by atoms with van der Waals surface area (Å²) < 4.78 is 45.1. The molecule has 8 heteroatoms. The molecule has 0 heterocycles. The van der Waals surface area contributed by atoms with Crippen molar-refractivity contribution >= 4 is 12.1 Å². The topological polar surface area (TPSA) is 75.6 Å². The van der Waals surface area contributed by atoms with E-state index in [2.05, 4.69) is 0 Å². The van der Waals surface area contributed by atoms with Crippen LogP contribution in [-0.2, 0) is 9.53 Å². The third kappa shape index (κ3) is 3.92. The molecular formula is C21H20F3NO4. The predicted molar refractivity (Wildman–Crippen MR) is 99.5 cm³/mol. The van der Waals surface area contributed by atoms with Gasteiger partial charge in [0.05, 0.1) is 5.41 Å². The number of nitrogens with one attached hydrogen (secondary N) is 1. The zero-order valence-corrected chi connectivity index (χ0v) is 15.8. The van der Waals surface area contributed by atoms with Gasteiger partial charge in [-0.05, 0) is 36.1 Å². The first kappa shape index (κ1) is 20.7. The Morgan fingerprint density at radius 1 is 1.03 bits per heavy atom. The first-order valence-corrected chi connectivity index (χ1v) is 8.95. The Morgan fingerprint density at radius 2 is 1.52 bits per heavy atom. The first-order valence-electron chi connectivity index (χ1n) is 8.95. The highest BCUT2D eigenvalue weighted by Gasteiger charge is 2.54. The second kappa shape index (κ2) is 7.42. The summed E-state index contributed by atoms with van der Waals surface area (Å²) in [6.07, 6.45) is -6.27. The molecule has 2 aromatic rings. The van der Waals surface area contributed by atoms with Crippen molar-refractivity contribution in [2.75, 3.05) is 6.61 Å². The highest BCUT2D eigenvalue weighted by atomic mass is 19.4. The molecule has 1 atom stereocenters. The minimum Gasteiger partial charge on any atom is -0.481 e. The second-order valence-corrected chi connectivity index (χ2v) is 7.47. The predicted octanol–water partition coefficient (Wildman–Crippen LogP) is 4.57. The van der Waals surface area contributed by atoms with Crippen molar-refractivity contribution in [1.82, 2.24) is 5.32 Å². The lowest BCUT2D eigenvalue weighted by Crippen LogP contribution is -2.57. The maximum Gasteiger partial charge on any atom is 0.409 e. The number of carboxylic acids is 1. The molecule has 2 aromatic carbocycles. The summed E-state index contributed by atoms with van der Waals surface area (Å²) in [6, 6.07) is 12.5. The third-order valence-electron chi connectivity index (χ3n) is 5.21. The summed E-state index contributed by atoms with van der Waals surface area (Å²) in [4.78, 5) is 23.4. The van der Waals surface area contributed by atoms with Crippen molar-refractivity contribution in [3.8, 4) is 11.1 Å². The summed E-state index contributed by atoms with van der Waals surface area (Å²) in [6.45, 7) is 1.63. The number of aliphatic carboxylic acids is 1. The van der Waals surface area contributed by atoms with Crippen LogP contribution in [-0.4, -0.2) is 36.0 Å². The molecule has 0 bridgehead atoms. The molecule has 5 nitrogen and oxygen atoms in total. The quantitative estimate of drug-likeness (QED) is 0.762. The molecule has 0 spiro atoms. The smallest absolute Gasteiger partial charge is 0.409 e. The number of hydrogen-bond acceptors (Lipinski definition) is 3. The molecule has 1 amide bonds. The number of rotatable bonds is 5. The molecule has 29 heavy (non-hydrogen) atoms. The van der Waals surface area contributed by atoms with Crippen LogP contribution in [0.25, 0.3) is 11.1 Å². The fraction of sp³-hybridized carbons (Fsp3) is 0.333. The summed E-state index contributed by atoms with van der Waals surface area (Å²) in [7, 11) is 0. The lowest BCUT2D eigenvalue weighted by molar-refractivity contribution is -0.190. The zero-order chi connectivity index (χ0) is 21.4. The number of halogens is 3. The largest absolute Gasteiger partial charge is 0.481 e. The average Bonchev–Trinajstić information content (AvgIpc) is 2.97. The molecule has 0 fully saturated rings. The Balaban J connectivity index is 1.76. The minimum absolute atomic E-state index is 0.169. The third-order valence-corrected chi connectivity index (χ3v) is 5.21. The Kier molecular flexibility index (Phi) is 5.30. The van der Waals surface area contributed by atoms with Gasteiger partial charge in [0.1, 0.15) is 12.6 Å². The first-order chi connectivity index (χ1) is 13.5. The van der Waals surface area contributed by atoms with E-state index < -0.39 is 29.7 Å². The Hall–Kier alpha value is -3.03. The molecule has 154 valence electrons. The Labute approximate surface area is 165 Å². The van der Waals surface area contributed by atoms with Gasteiger partial charge >= 0.3 is 18.2 Å². The van der Waals surface area contributed by atoms with Crippen molar-refractivity contribution in [2.45, 2.75) is 32.0 Å². The molecular weight excluding hydrogens is 387 g/mol. The standard InChI is InChI=1S/C21H20F3NO4/c1-20(2,18(26)27)17(21(22,23)24)25-19(28)29-11-16-14-9-5-3-7-12(14)13-8-4-6-10-15(13)16/h3-10,16-17H,11H2,1-2H3,(H,25,28)(H,26,27). The molecule has 2 N–H and O–H groups in total. The SMILES string of the molecule is CC(C)(C(=O)O)C(NC(=O)OCC1c2ccccc2-c2ccccc21)C(F)(F)F. The number of ether oxygens (including phenoxy) is 1. The molecule has 1 aliphatic carbocycles. The van der Waals surface area contributed by atoms with Gasteiger partial charge in [0.2, 0.25) is 0 Å². The van der Waals surface area contributed by atoms with E-state index in [1.54, 1.807) is 5.32 Å². The molecule has 0 aromatic heterocycles. The number of carbonyl (C=O) groups excluding carboxylic acids is 1. The maximum absolute atomic E-state index is 13.3. The number of alkyl carbamates (subject to hydrolysis) is 1. The van der Waals surface area contributed by atoms with Crippen LogP contribution in [0.5, 0.6) is 0 Å². The van der Waals surface area contributed by atoms with Gasteiger partial charge in [-0.1, -0.05) is 48.5 Å². The van der Waals surface area contributed by atoms with Crippen LogP contribution < -0.4 is 5.32 Å². The van der Waals surface area contributed by atoms with E-state index >= 15 is 0 Å². The Morgan fingerprint density at radius 3 is 1.97 bits per heavy atom. The van der Waals surface area contributed by atoms with Gasteiger partial charge in [-0.2, -0.15) is 13.2 Å². The molecule has 0 aliphatic heterocycles. The number of fused-ring (bicyclic) bond motifs is 3. The van der Waals surface area contributed by atoms with Crippen LogP contribution in [0.4, 0.5) is 18.0 Å². The lowest BCUT2D eigenvalue weighted by Gasteiger charge is -2.32. The number of benzene rings is 2. The molecule has 0 saturated carbocycles. The maximum atomic E-state index is 13.3. The molecule has 0 saturated heterocycles. The molecule has 3 rings (SSSR count). The van der Waals surface area contributed by atoms with Crippen LogP contribution in [0.1, 0.15) is 30.9 Å². The molecule has 1 unspecified atom stereocenters. The number of hydrogen-bond donors (Lipinski definition) is 2. The molecule has 1 aliphatic rings. The normalized spacial score (nSPS) is 14.7. The number of carbonyl (C=O) groups is 2.